The summed E-state index contributed by atoms with van der Waals surface area (Å²) in [6, 6.07) is 10.9. The lowest BCUT2D eigenvalue weighted by atomic mass is 10.0. The van der Waals surface area contributed by atoms with Gasteiger partial charge in [0.15, 0.2) is 5.84 Å². The van der Waals surface area contributed by atoms with Gasteiger partial charge in [-0.2, -0.15) is 10.1 Å². The third kappa shape index (κ3) is 4.87. The summed E-state index contributed by atoms with van der Waals surface area (Å²) in [5.41, 5.74) is 8.07. The number of halogens is 1. The fourth-order valence-corrected chi connectivity index (χ4v) is 3.97. The van der Waals surface area contributed by atoms with Crippen LogP contribution in [0, 0.1) is 25.2 Å². The summed E-state index contributed by atoms with van der Waals surface area (Å²) in [6.07, 6.45) is 10.7. The van der Waals surface area contributed by atoms with Crippen molar-refractivity contribution < 1.29 is 4.39 Å². The molecule has 0 spiro atoms. The second kappa shape index (κ2) is 9.43. The van der Waals surface area contributed by atoms with E-state index in [0.29, 0.717) is 11.5 Å². The third-order valence-corrected chi connectivity index (χ3v) is 5.53. The number of anilines is 1. The maximum Gasteiger partial charge on any atom is 0.160 e. The number of aromatic nitrogens is 3. The van der Waals surface area contributed by atoms with Gasteiger partial charge in [0.05, 0.1) is 12.2 Å². The van der Waals surface area contributed by atoms with Crippen molar-refractivity contribution in [2.24, 2.45) is 10.7 Å². The molecule has 1 aliphatic rings. The first-order chi connectivity index (χ1) is 14.0. The average molecular weight is 411 g/mol. The second-order valence-corrected chi connectivity index (χ2v) is 7.44. The fourth-order valence-electron chi connectivity index (χ4n) is 3.33. The number of hydrogen-bond acceptors (Lipinski definition) is 5. The van der Waals surface area contributed by atoms with E-state index in [0.717, 1.165) is 35.5 Å². The van der Waals surface area contributed by atoms with Gasteiger partial charge < -0.3 is 10.6 Å². The van der Waals surface area contributed by atoms with E-state index in [1.54, 1.807) is 24.0 Å². The molecule has 0 saturated carbocycles. The minimum atomic E-state index is -0.235. The zero-order chi connectivity index (χ0) is 20.8. The van der Waals surface area contributed by atoms with E-state index in [1.807, 2.05) is 31.4 Å². The summed E-state index contributed by atoms with van der Waals surface area (Å²) in [5, 5.41) is 7.46. The van der Waals surface area contributed by atoms with Gasteiger partial charge in [-0.15, -0.1) is 11.8 Å². The number of thioether (sulfide) groups is 1. The van der Waals surface area contributed by atoms with E-state index in [-0.39, 0.29) is 17.7 Å². The minimum absolute atomic E-state index is 0.0282. The Morgan fingerprint density at radius 3 is 3.00 bits per heavy atom. The van der Waals surface area contributed by atoms with Crippen LogP contribution in [0.5, 0.6) is 0 Å². The molecule has 29 heavy (non-hydrogen) atoms. The van der Waals surface area contributed by atoms with Crippen molar-refractivity contribution >= 4 is 23.4 Å². The van der Waals surface area contributed by atoms with Gasteiger partial charge >= 0.3 is 0 Å². The monoisotopic (exact) mass is 410 g/mol. The number of aromatic amines is 1. The van der Waals surface area contributed by atoms with Crippen LogP contribution < -0.4 is 10.6 Å². The van der Waals surface area contributed by atoms with Gasteiger partial charge in [0.25, 0.3) is 0 Å². The Morgan fingerprint density at radius 2 is 2.24 bits per heavy atom. The number of hydrogen-bond donors (Lipinski definition) is 2. The first kappa shape index (κ1) is 20.7. The number of nitrogens with one attached hydrogen (secondary N) is 1. The molecule has 2 aromatic rings. The number of H-pyrrole nitrogens is 1. The van der Waals surface area contributed by atoms with E-state index in [1.165, 1.54) is 6.07 Å². The predicted molar refractivity (Wildman–Crippen MR) is 116 cm³/mol. The van der Waals surface area contributed by atoms with Crippen LogP contribution >= 0.6 is 11.8 Å². The van der Waals surface area contributed by atoms with E-state index >= 15 is 0 Å². The van der Waals surface area contributed by atoms with Crippen molar-refractivity contribution in [1.82, 2.24) is 15.2 Å². The second-order valence-electron chi connectivity index (χ2n) is 6.59. The molecule has 0 amide bonds. The molecule has 1 atom stereocenters. The van der Waals surface area contributed by atoms with Gasteiger partial charge in [-0.1, -0.05) is 6.42 Å². The van der Waals surface area contributed by atoms with Gasteiger partial charge in [0.2, 0.25) is 0 Å². The van der Waals surface area contributed by atoms with Crippen LogP contribution in [0.1, 0.15) is 35.8 Å². The minimum Gasteiger partial charge on any atom is -0.381 e. The Labute approximate surface area is 174 Å². The molecular weight excluding hydrogens is 387 g/mol. The predicted octanol–water partition coefficient (Wildman–Crippen LogP) is 3.74. The number of aryl methyl sites for hydroxylation is 1. The van der Waals surface area contributed by atoms with Crippen LogP contribution in [0.2, 0.25) is 0 Å². The van der Waals surface area contributed by atoms with Gasteiger partial charge in [0.1, 0.15) is 17.3 Å². The molecule has 1 saturated heterocycles. The maximum absolute atomic E-state index is 14.0. The first-order valence-electron chi connectivity index (χ1n) is 9.19. The maximum atomic E-state index is 14.0. The van der Waals surface area contributed by atoms with Crippen molar-refractivity contribution in [3.8, 4) is 12.5 Å². The summed E-state index contributed by atoms with van der Waals surface area (Å²) >= 11 is 1.61. The van der Waals surface area contributed by atoms with Crippen molar-refractivity contribution in [3.63, 3.8) is 0 Å². The smallest absolute Gasteiger partial charge is 0.160 e. The standard InChI is InChI=1S/C21H23FN6S/c1-4-24-21(23)17-13-25-14(2)7-10-20(27-26-17)28-11-5-6-18(28)16-12-15(22)8-9-19(16)29-3/h1,7-10,12-13,18,26H,5-6,11H2,2-3H3,(H2,23,24)/t18-/m1/s1. The van der Waals surface area contributed by atoms with Crippen molar-refractivity contribution in [3.05, 3.63) is 59.3 Å². The van der Waals surface area contributed by atoms with E-state index in [2.05, 4.69) is 31.1 Å². The molecule has 150 valence electrons. The molecule has 6 nitrogen and oxygen atoms in total. The largest absolute Gasteiger partial charge is 0.381 e. The zero-order valence-corrected chi connectivity index (χ0v) is 17.2. The van der Waals surface area contributed by atoms with Crippen molar-refractivity contribution in [1.29, 1.82) is 0 Å². The highest BCUT2D eigenvalue weighted by atomic mass is 32.2. The summed E-state index contributed by atoms with van der Waals surface area (Å²) < 4.78 is 14.0. The lowest BCUT2D eigenvalue weighted by Gasteiger charge is -2.27. The quantitative estimate of drug-likeness (QED) is 0.347. The summed E-state index contributed by atoms with van der Waals surface area (Å²) in [4.78, 5) is 11.3. The number of amidine groups is 1. The van der Waals surface area contributed by atoms with E-state index in [9.17, 15) is 4.39 Å². The van der Waals surface area contributed by atoms with E-state index < -0.39 is 0 Å². The highest BCUT2D eigenvalue weighted by Crippen LogP contribution is 2.39. The Hall–Kier alpha value is -3.05. The SMILES string of the molecule is C#CN=C(N)c1cnc(C)ccc(N2CCC[C@@H]2c2cc(F)ccc2SC)n[nH]1. The molecule has 8 heteroatoms. The third-order valence-electron chi connectivity index (χ3n) is 4.72. The lowest BCUT2D eigenvalue weighted by Crippen LogP contribution is -2.24. The molecular formula is C21H23FN6S. The zero-order valence-electron chi connectivity index (χ0n) is 16.4. The number of rotatable bonds is 4. The van der Waals surface area contributed by atoms with Crippen LogP contribution in [-0.4, -0.2) is 33.8 Å². The Kier molecular flexibility index (Phi) is 6.73. The number of benzene rings is 1. The van der Waals surface area contributed by atoms with Crippen LogP contribution in [0.25, 0.3) is 0 Å². The number of nitrogens with two attached hydrogens (primary N) is 1. The molecule has 1 aliphatic heterocycles. The van der Waals surface area contributed by atoms with Crippen molar-refractivity contribution in [2.75, 3.05) is 17.7 Å². The summed E-state index contributed by atoms with van der Waals surface area (Å²) in [7, 11) is 0. The van der Waals surface area contributed by atoms with Crippen LogP contribution in [0.4, 0.5) is 10.2 Å². The molecule has 2 heterocycles. The Morgan fingerprint density at radius 1 is 1.41 bits per heavy atom. The Bertz CT molecular complexity index is 1010. The first-order valence-corrected chi connectivity index (χ1v) is 10.4. The Balaban J connectivity index is 2.09. The molecule has 1 aromatic carbocycles. The summed E-state index contributed by atoms with van der Waals surface area (Å²) in [6.45, 7) is 2.69. The number of terminal acetylenes is 1. The van der Waals surface area contributed by atoms with Gasteiger partial charge in [-0.3, -0.25) is 10.1 Å². The number of aliphatic imine (C=N–C) groups is 1. The molecule has 1 fully saturated rings. The normalized spacial score (nSPS) is 16.4. The van der Waals surface area contributed by atoms with Gasteiger partial charge in [0, 0.05) is 23.2 Å². The fraction of sp³-hybridized carbons (Fsp3) is 0.286. The summed E-state index contributed by atoms with van der Waals surface area (Å²) in [5.74, 6) is 0.600. The number of nitrogens with zero attached hydrogens (tertiary/aromatic N) is 4. The van der Waals surface area contributed by atoms with Gasteiger partial charge in [-0.25, -0.2) is 4.39 Å². The average Bonchev–Trinajstić information content (AvgIpc) is 3.21. The van der Waals surface area contributed by atoms with Crippen LogP contribution in [0.3, 0.4) is 0 Å². The molecule has 3 N–H and O–H groups in total. The van der Waals surface area contributed by atoms with E-state index in [4.69, 9.17) is 12.2 Å². The molecule has 1 aromatic heterocycles. The van der Waals surface area contributed by atoms with Crippen molar-refractivity contribution in [2.45, 2.75) is 30.7 Å². The molecule has 0 unspecified atom stereocenters. The van der Waals surface area contributed by atoms with Crippen LogP contribution in [-0.2, 0) is 0 Å². The van der Waals surface area contributed by atoms with Gasteiger partial charge in [-0.05, 0) is 61.9 Å². The lowest BCUT2D eigenvalue weighted by molar-refractivity contribution is 0.613. The molecule has 0 bridgehead atoms. The highest BCUT2D eigenvalue weighted by Gasteiger charge is 2.29. The van der Waals surface area contributed by atoms with Crippen LogP contribution in [0.15, 0.2) is 46.4 Å². The highest BCUT2D eigenvalue weighted by molar-refractivity contribution is 7.98. The molecule has 0 radical (unpaired) electrons. The molecule has 3 rings (SSSR count). The topological polar surface area (TPSA) is 83.2 Å². The molecule has 0 aliphatic carbocycles.